The van der Waals surface area contributed by atoms with Crippen LogP contribution in [0.25, 0.3) is 0 Å². The van der Waals surface area contributed by atoms with Crippen LogP contribution in [-0.4, -0.2) is 30.0 Å². The molecule has 1 unspecified atom stereocenters. The molecule has 1 saturated heterocycles. The van der Waals surface area contributed by atoms with Crippen LogP contribution in [0.4, 0.5) is 10.5 Å². The summed E-state index contributed by atoms with van der Waals surface area (Å²) in [5, 5.41) is 2.96. The Bertz CT molecular complexity index is 862. The zero-order valence-corrected chi connectivity index (χ0v) is 14.8. The molecule has 5 heteroatoms. The fourth-order valence-corrected chi connectivity index (χ4v) is 3.77. The molecule has 1 atom stereocenters. The first-order chi connectivity index (χ1) is 12.6. The number of amides is 2. The van der Waals surface area contributed by atoms with Gasteiger partial charge in [-0.2, -0.15) is 0 Å². The van der Waals surface area contributed by atoms with Gasteiger partial charge in [0.15, 0.2) is 0 Å². The molecule has 134 valence electrons. The van der Waals surface area contributed by atoms with Gasteiger partial charge in [-0.05, 0) is 43.5 Å². The van der Waals surface area contributed by atoms with Gasteiger partial charge in [0, 0.05) is 30.3 Å². The van der Waals surface area contributed by atoms with Crippen LogP contribution in [0.15, 0.2) is 42.5 Å². The van der Waals surface area contributed by atoms with Gasteiger partial charge >= 0.3 is 12.0 Å². The number of fused-ring (bicyclic) bond motifs is 1. The lowest BCUT2D eigenvalue weighted by Gasteiger charge is -2.33. The summed E-state index contributed by atoms with van der Waals surface area (Å²) in [5.41, 5.74) is 4.66. The van der Waals surface area contributed by atoms with Gasteiger partial charge in [0.05, 0.1) is 5.56 Å². The lowest BCUT2D eigenvalue weighted by atomic mass is 9.90. The van der Waals surface area contributed by atoms with Gasteiger partial charge in [0.1, 0.15) is 6.61 Å². The minimum atomic E-state index is -0.296. The Morgan fingerprint density at radius 2 is 2.12 bits per heavy atom. The number of urea groups is 1. The van der Waals surface area contributed by atoms with Crippen LogP contribution in [-0.2, 0) is 11.3 Å². The van der Waals surface area contributed by atoms with Crippen molar-refractivity contribution < 1.29 is 14.3 Å². The lowest BCUT2D eigenvalue weighted by molar-refractivity contribution is 0.0535. The molecule has 0 spiro atoms. The highest BCUT2D eigenvalue weighted by molar-refractivity contribution is 5.95. The van der Waals surface area contributed by atoms with E-state index in [0.29, 0.717) is 17.2 Å². The topological polar surface area (TPSA) is 58.6 Å². The predicted octanol–water partition coefficient (Wildman–Crippen LogP) is 4.08. The van der Waals surface area contributed by atoms with Crippen molar-refractivity contribution in [2.75, 3.05) is 18.4 Å². The lowest BCUT2D eigenvalue weighted by Crippen LogP contribution is -2.41. The van der Waals surface area contributed by atoms with E-state index in [1.165, 1.54) is 11.1 Å². The van der Waals surface area contributed by atoms with Crippen LogP contribution in [0.1, 0.15) is 45.8 Å². The zero-order valence-electron chi connectivity index (χ0n) is 14.8. The number of hydrogen-bond acceptors (Lipinski definition) is 3. The number of ether oxygens (including phenoxy) is 1. The summed E-state index contributed by atoms with van der Waals surface area (Å²) in [6, 6.07) is 13.7. The molecular weight excluding hydrogens is 328 g/mol. The number of benzene rings is 2. The van der Waals surface area contributed by atoms with Gasteiger partial charge < -0.3 is 15.0 Å². The van der Waals surface area contributed by atoms with Crippen molar-refractivity contribution in [3.63, 3.8) is 0 Å². The van der Waals surface area contributed by atoms with E-state index in [4.69, 9.17) is 4.74 Å². The molecule has 0 saturated carbocycles. The molecule has 0 bridgehead atoms. The number of hydrogen-bond donors (Lipinski definition) is 1. The van der Waals surface area contributed by atoms with Gasteiger partial charge in [-0.3, -0.25) is 0 Å². The molecule has 0 radical (unpaired) electrons. The van der Waals surface area contributed by atoms with Crippen LogP contribution in [0, 0.1) is 6.92 Å². The van der Waals surface area contributed by atoms with E-state index in [9.17, 15) is 9.59 Å². The number of rotatable bonds is 2. The van der Waals surface area contributed by atoms with Crippen LogP contribution in [0.3, 0.4) is 0 Å². The largest absolute Gasteiger partial charge is 0.457 e. The molecule has 2 aliphatic rings. The van der Waals surface area contributed by atoms with Crippen molar-refractivity contribution >= 4 is 17.7 Å². The maximum Gasteiger partial charge on any atom is 0.338 e. The van der Waals surface area contributed by atoms with Gasteiger partial charge in [0.2, 0.25) is 0 Å². The Morgan fingerprint density at radius 3 is 2.96 bits per heavy atom. The fraction of sp³-hybridized carbons (Fsp3) is 0.333. The average Bonchev–Trinajstić information content (AvgIpc) is 3.02. The standard InChI is InChI=1S/C21H22N2O3/c1-14-4-2-5-15(10-14)16-6-3-9-23(12-16)21(25)22-18-7-8-19-17(11-18)13-26-20(19)24/h2,4-5,7-8,10-11,16H,3,6,9,12-13H2,1H3,(H,22,25). The molecular formula is C21H22N2O3. The molecule has 2 aliphatic heterocycles. The molecule has 1 N–H and O–H groups in total. The Hall–Kier alpha value is -2.82. The van der Waals surface area contributed by atoms with E-state index in [-0.39, 0.29) is 18.6 Å². The molecule has 26 heavy (non-hydrogen) atoms. The highest BCUT2D eigenvalue weighted by Gasteiger charge is 2.26. The highest BCUT2D eigenvalue weighted by atomic mass is 16.5. The molecule has 2 aromatic carbocycles. The summed E-state index contributed by atoms with van der Waals surface area (Å²) in [6.07, 6.45) is 2.10. The number of piperidine rings is 1. The summed E-state index contributed by atoms with van der Waals surface area (Å²) in [6.45, 7) is 3.86. The Balaban J connectivity index is 1.44. The summed E-state index contributed by atoms with van der Waals surface area (Å²) >= 11 is 0. The first kappa shape index (κ1) is 16.6. The molecule has 2 heterocycles. The maximum absolute atomic E-state index is 12.7. The summed E-state index contributed by atoms with van der Waals surface area (Å²) in [5.74, 6) is 0.0790. The summed E-state index contributed by atoms with van der Waals surface area (Å²) < 4.78 is 5.01. The minimum Gasteiger partial charge on any atom is -0.457 e. The van der Waals surface area contributed by atoms with Crippen molar-refractivity contribution in [1.82, 2.24) is 4.90 Å². The molecule has 5 nitrogen and oxygen atoms in total. The Labute approximate surface area is 153 Å². The number of carbonyl (C=O) groups excluding carboxylic acids is 2. The smallest absolute Gasteiger partial charge is 0.338 e. The first-order valence-electron chi connectivity index (χ1n) is 9.03. The normalized spacial score (nSPS) is 19.0. The second kappa shape index (κ2) is 6.83. The molecule has 2 amide bonds. The minimum absolute atomic E-state index is 0.0902. The van der Waals surface area contributed by atoms with Crippen LogP contribution < -0.4 is 5.32 Å². The molecule has 0 aliphatic carbocycles. The number of nitrogens with zero attached hydrogens (tertiary/aromatic N) is 1. The number of carbonyl (C=O) groups is 2. The van der Waals surface area contributed by atoms with E-state index in [1.54, 1.807) is 12.1 Å². The Kier molecular flexibility index (Phi) is 4.37. The predicted molar refractivity (Wildman–Crippen MR) is 99.3 cm³/mol. The quantitative estimate of drug-likeness (QED) is 0.831. The highest BCUT2D eigenvalue weighted by Crippen LogP contribution is 2.28. The summed E-state index contributed by atoms with van der Waals surface area (Å²) in [4.78, 5) is 26.1. The first-order valence-corrected chi connectivity index (χ1v) is 9.03. The van der Waals surface area contributed by atoms with Crippen molar-refractivity contribution in [2.24, 2.45) is 0 Å². The summed E-state index contributed by atoms with van der Waals surface area (Å²) in [7, 11) is 0. The zero-order chi connectivity index (χ0) is 18.1. The monoisotopic (exact) mass is 350 g/mol. The number of likely N-dealkylation sites (tertiary alicyclic amines) is 1. The average molecular weight is 350 g/mol. The van der Waals surface area contributed by atoms with Crippen molar-refractivity contribution in [3.8, 4) is 0 Å². The molecule has 1 fully saturated rings. The van der Waals surface area contributed by atoms with E-state index in [2.05, 4.69) is 36.5 Å². The van der Waals surface area contributed by atoms with E-state index < -0.39 is 0 Å². The number of cyclic esters (lactones) is 1. The van der Waals surface area contributed by atoms with Gasteiger partial charge in [0.25, 0.3) is 0 Å². The van der Waals surface area contributed by atoms with Gasteiger partial charge in [-0.1, -0.05) is 29.8 Å². The van der Waals surface area contributed by atoms with Crippen LogP contribution >= 0.6 is 0 Å². The van der Waals surface area contributed by atoms with E-state index in [0.717, 1.165) is 31.5 Å². The SMILES string of the molecule is Cc1cccc(C2CCCN(C(=O)Nc3ccc4c(c3)COC4=O)C2)c1. The van der Waals surface area contributed by atoms with E-state index in [1.807, 2.05) is 11.0 Å². The van der Waals surface area contributed by atoms with Crippen molar-refractivity contribution in [3.05, 3.63) is 64.7 Å². The van der Waals surface area contributed by atoms with Gasteiger partial charge in [-0.25, -0.2) is 9.59 Å². The number of anilines is 1. The van der Waals surface area contributed by atoms with Crippen molar-refractivity contribution in [1.29, 1.82) is 0 Å². The number of aryl methyl sites for hydroxylation is 1. The third kappa shape index (κ3) is 3.29. The molecule has 0 aromatic heterocycles. The van der Waals surface area contributed by atoms with Crippen molar-refractivity contribution in [2.45, 2.75) is 32.3 Å². The Morgan fingerprint density at radius 1 is 1.23 bits per heavy atom. The fourth-order valence-electron chi connectivity index (χ4n) is 3.77. The number of nitrogens with one attached hydrogen (secondary N) is 1. The molecule has 2 aromatic rings. The third-order valence-corrected chi connectivity index (χ3v) is 5.16. The second-order valence-corrected chi connectivity index (χ2v) is 7.08. The second-order valence-electron chi connectivity index (χ2n) is 7.08. The number of esters is 1. The molecule has 4 rings (SSSR count). The van der Waals surface area contributed by atoms with Crippen LogP contribution in [0.2, 0.25) is 0 Å². The van der Waals surface area contributed by atoms with Gasteiger partial charge in [-0.15, -0.1) is 0 Å². The maximum atomic E-state index is 12.7. The third-order valence-electron chi connectivity index (χ3n) is 5.16. The van der Waals surface area contributed by atoms with Crippen LogP contribution in [0.5, 0.6) is 0 Å². The van der Waals surface area contributed by atoms with E-state index >= 15 is 0 Å².